The fourth-order valence-corrected chi connectivity index (χ4v) is 3.89. The normalized spacial score (nSPS) is 25.1. The molecule has 208 valence electrons. The van der Waals surface area contributed by atoms with E-state index in [2.05, 4.69) is 27.3 Å². The molecule has 3 aliphatic heterocycles. The van der Waals surface area contributed by atoms with E-state index in [0.29, 0.717) is 0 Å². The van der Waals surface area contributed by atoms with Crippen molar-refractivity contribution in [2.24, 2.45) is 21.5 Å². The van der Waals surface area contributed by atoms with Gasteiger partial charge in [-0.1, -0.05) is 0 Å². The van der Waals surface area contributed by atoms with Gasteiger partial charge in [-0.25, -0.2) is 0 Å². The maximum atomic E-state index is 11.7. The molecule has 0 aromatic carbocycles. The average molecular weight is 511 g/mol. The maximum Gasteiger partial charge on any atom is 0.244 e. The Balaban J connectivity index is 0.000000490. The molecule has 0 bridgehead atoms. The standard InChI is InChI=1S/C9H17N3O.C8H16N2O.C6H12N2O.C2H5N/c1-7(11-2)12-6-4-3-5-8(10)9(12)13;1-10(2)7-5-3-4-6-9-8(7)11;7-5-3-1-2-4-8-6(5)9;1-3-2/h8H,3-6,10H2,1-2H3;7H,3-6H2,1-2H3,(H,9,11);5H,1-4,7H2,(H,8,9);1H2,2H3/t8-;7-;5-;/m000./s1. The van der Waals surface area contributed by atoms with Crippen molar-refractivity contribution in [3.05, 3.63) is 0 Å². The fourth-order valence-electron chi connectivity index (χ4n) is 3.89. The number of carbonyl (C=O) groups excluding carboxylic acids is 3. The predicted molar refractivity (Wildman–Crippen MR) is 147 cm³/mol. The van der Waals surface area contributed by atoms with Crippen molar-refractivity contribution in [2.75, 3.05) is 47.8 Å². The molecular weight excluding hydrogens is 460 g/mol. The minimum Gasteiger partial charge on any atom is -0.355 e. The molecule has 3 rings (SSSR count). The van der Waals surface area contributed by atoms with Crippen LogP contribution in [-0.4, -0.2) is 106 Å². The third-order valence-electron chi connectivity index (χ3n) is 6.15. The molecule has 0 aromatic heterocycles. The van der Waals surface area contributed by atoms with Crippen LogP contribution in [-0.2, 0) is 14.4 Å². The molecule has 0 aromatic rings. The number of amides is 3. The Hall–Kier alpha value is -2.37. The molecule has 11 nitrogen and oxygen atoms in total. The maximum absolute atomic E-state index is 11.7. The summed E-state index contributed by atoms with van der Waals surface area (Å²) in [6.45, 7) is 7.36. The molecule has 11 heteroatoms. The molecule has 3 atom stereocenters. The Morgan fingerprint density at radius 2 is 1.39 bits per heavy atom. The van der Waals surface area contributed by atoms with Gasteiger partial charge in [-0.05, 0) is 85.5 Å². The van der Waals surface area contributed by atoms with E-state index in [1.807, 2.05) is 25.9 Å². The third-order valence-corrected chi connectivity index (χ3v) is 6.15. The zero-order valence-electron chi connectivity index (χ0n) is 23.1. The van der Waals surface area contributed by atoms with E-state index in [1.165, 1.54) is 0 Å². The number of hydrogen-bond donors (Lipinski definition) is 4. The second-order valence-corrected chi connectivity index (χ2v) is 9.34. The number of nitrogens with two attached hydrogens (primary N) is 2. The van der Waals surface area contributed by atoms with Crippen LogP contribution in [0.1, 0.15) is 64.7 Å². The zero-order valence-corrected chi connectivity index (χ0v) is 23.1. The first kappa shape index (κ1) is 33.6. The van der Waals surface area contributed by atoms with E-state index in [1.54, 1.807) is 19.0 Å². The lowest BCUT2D eigenvalue weighted by atomic mass is 10.1. The molecule has 0 radical (unpaired) electrons. The molecule has 3 aliphatic rings. The number of likely N-dealkylation sites (N-methyl/N-ethyl adjacent to an activating group) is 1. The highest BCUT2D eigenvalue weighted by atomic mass is 16.2. The van der Waals surface area contributed by atoms with E-state index in [-0.39, 0.29) is 35.8 Å². The first-order valence-corrected chi connectivity index (χ1v) is 12.9. The van der Waals surface area contributed by atoms with Crippen LogP contribution >= 0.6 is 0 Å². The highest BCUT2D eigenvalue weighted by Crippen LogP contribution is 2.11. The molecule has 3 amide bonds. The smallest absolute Gasteiger partial charge is 0.244 e. The van der Waals surface area contributed by atoms with Crippen molar-refractivity contribution in [1.29, 1.82) is 0 Å². The van der Waals surface area contributed by atoms with Gasteiger partial charge in [-0.3, -0.25) is 29.2 Å². The van der Waals surface area contributed by atoms with E-state index < -0.39 is 0 Å². The Bertz CT molecular complexity index is 699. The number of amidine groups is 1. The van der Waals surface area contributed by atoms with E-state index in [0.717, 1.165) is 83.3 Å². The van der Waals surface area contributed by atoms with Crippen molar-refractivity contribution < 1.29 is 14.4 Å². The molecule has 3 fully saturated rings. The number of aliphatic imine (C=N–C) groups is 2. The van der Waals surface area contributed by atoms with Crippen molar-refractivity contribution in [1.82, 2.24) is 20.4 Å². The van der Waals surface area contributed by atoms with Gasteiger partial charge in [0.15, 0.2) is 0 Å². The third kappa shape index (κ3) is 13.6. The molecule has 6 N–H and O–H groups in total. The van der Waals surface area contributed by atoms with Gasteiger partial charge in [0, 0.05) is 33.7 Å². The van der Waals surface area contributed by atoms with Crippen LogP contribution in [0.5, 0.6) is 0 Å². The van der Waals surface area contributed by atoms with Crippen LogP contribution in [0.4, 0.5) is 0 Å². The van der Waals surface area contributed by atoms with Crippen LogP contribution in [0, 0.1) is 0 Å². The van der Waals surface area contributed by atoms with Crippen LogP contribution in [0.2, 0.25) is 0 Å². The molecule has 3 heterocycles. The SMILES string of the molecule is C=NC.CN(C)[C@H]1CCCCNC1=O.CN=C(C)N1CCCC[C@H](N)C1=O.N[C@H]1CCCCNC1=O. The largest absolute Gasteiger partial charge is 0.355 e. The first-order chi connectivity index (χ1) is 17.1. The number of likely N-dealkylation sites (tertiary alicyclic amines) is 1. The minimum atomic E-state index is -0.334. The summed E-state index contributed by atoms with van der Waals surface area (Å²) in [5.41, 5.74) is 11.2. The summed E-state index contributed by atoms with van der Waals surface area (Å²) in [6, 6.07) is -0.496. The quantitative estimate of drug-likeness (QED) is 0.297. The van der Waals surface area contributed by atoms with Crippen molar-refractivity contribution in [3.8, 4) is 0 Å². The molecule has 36 heavy (non-hydrogen) atoms. The Morgan fingerprint density at radius 3 is 1.94 bits per heavy atom. The summed E-state index contributed by atoms with van der Waals surface area (Å²) < 4.78 is 0. The molecular formula is C25H50N8O3. The van der Waals surface area contributed by atoms with Crippen molar-refractivity contribution in [2.45, 2.75) is 82.8 Å². The molecule has 3 saturated heterocycles. The highest BCUT2D eigenvalue weighted by Gasteiger charge is 2.25. The van der Waals surface area contributed by atoms with E-state index >= 15 is 0 Å². The van der Waals surface area contributed by atoms with Crippen molar-refractivity contribution >= 4 is 30.3 Å². The summed E-state index contributed by atoms with van der Waals surface area (Å²) >= 11 is 0. The number of nitrogens with one attached hydrogen (secondary N) is 2. The lowest BCUT2D eigenvalue weighted by Gasteiger charge is -2.21. The summed E-state index contributed by atoms with van der Waals surface area (Å²) in [7, 11) is 7.24. The summed E-state index contributed by atoms with van der Waals surface area (Å²) in [5.74, 6) is 0.975. The molecule has 0 aliphatic carbocycles. The predicted octanol–water partition coefficient (Wildman–Crippen LogP) is 0.522. The molecule has 0 saturated carbocycles. The second-order valence-electron chi connectivity index (χ2n) is 9.34. The van der Waals surface area contributed by atoms with E-state index in [4.69, 9.17) is 11.5 Å². The first-order valence-electron chi connectivity index (χ1n) is 12.9. The van der Waals surface area contributed by atoms with Gasteiger partial charge >= 0.3 is 0 Å². The Kier molecular flexibility index (Phi) is 18.5. The van der Waals surface area contributed by atoms with Crippen LogP contribution in [0.25, 0.3) is 0 Å². The zero-order chi connectivity index (χ0) is 27.5. The van der Waals surface area contributed by atoms with Crippen LogP contribution in [0.3, 0.4) is 0 Å². The molecule has 0 unspecified atom stereocenters. The number of nitrogens with zero attached hydrogens (tertiary/aromatic N) is 4. The second kappa shape index (κ2) is 19.8. The van der Waals surface area contributed by atoms with Gasteiger partial charge in [0.25, 0.3) is 0 Å². The van der Waals surface area contributed by atoms with Crippen molar-refractivity contribution in [3.63, 3.8) is 0 Å². The lowest BCUT2D eigenvalue weighted by molar-refractivity contribution is -0.128. The summed E-state index contributed by atoms with van der Waals surface area (Å²) in [5, 5.41) is 5.63. The van der Waals surface area contributed by atoms with Gasteiger partial charge < -0.3 is 27.1 Å². The van der Waals surface area contributed by atoms with Crippen LogP contribution < -0.4 is 22.1 Å². The monoisotopic (exact) mass is 510 g/mol. The fraction of sp³-hybridized carbons (Fsp3) is 0.800. The number of rotatable bonds is 1. The highest BCUT2D eigenvalue weighted by molar-refractivity contribution is 5.99. The summed E-state index contributed by atoms with van der Waals surface area (Å²) in [4.78, 5) is 44.7. The van der Waals surface area contributed by atoms with Gasteiger partial charge in [-0.2, -0.15) is 0 Å². The van der Waals surface area contributed by atoms with Gasteiger partial charge in [0.05, 0.1) is 18.1 Å². The minimum absolute atomic E-state index is 0.00694. The number of hydrogen-bond acceptors (Lipinski definition) is 8. The molecule has 0 spiro atoms. The van der Waals surface area contributed by atoms with Crippen LogP contribution in [0.15, 0.2) is 9.98 Å². The summed E-state index contributed by atoms with van der Waals surface area (Å²) in [6.07, 6.45) is 9.10. The number of carbonyl (C=O) groups is 3. The average Bonchev–Trinajstić information content (AvgIpc) is 3.25. The van der Waals surface area contributed by atoms with Gasteiger partial charge in [-0.15, -0.1) is 0 Å². The Morgan fingerprint density at radius 1 is 0.889 bits per heavy atom. The Labute approximate surface area is 217 Å². The van der Waals surface area contributed by atoms with Gasteiger partial charge in [0.2, 0.25) is 17.7 Å². The van der Waals surface area contributed by atoms with Gasteiger partial charge in [0.1, 0.15) is 5.84 Å². The topological polar surface area (TPSA) is 159 Å². The van der Waals surface area contributed by atoms with E-state index in [9.17, 15) is 14.4 Å². The lowest BCUT2D eigenvalue weighted by Crippen LogP contribution is -2.44.